The number of hydrogen-bond donors (Lipinski definition) is 1. The number of rotatable bonds is 3. The average Bonchev–Trinajstić information content (AvgIpc) is 3.04. The molecule has 0 aliphatic heterocycles. The summed E-state index contributed by atoms with van der Waals surface area (Å²) in [5, 5.41) is 3.04. The Balaban J connectivity index is 1.69. The van der Waals surface area contributed by atoms with Crippen molar-refractivity contribution in [3.63, 3.8) is 0 Å². The van der Waals surface area contributed by atoms with Gasteiger partial charge in [0.15, 0.2) is 0 Å². The van der Waals surface area contributed by atoms with Crippen LogP contribution in [0.3, 0.4) is 0 Å². The van der Waals surface area contributed by atoms with E-state index >= 15 is 0 Å². The van der Waals surface area contributed by atoms with Crippen molar-refractivity contribution < 1.29 is 4.79 Å². The molecule has 1 fully saturated rings. The van der Waals surface area contributed by atoms with E-state index in [2.05, 4.69) is 27.2 Å². The summed E-state index contributed by atoms with van der Waals surface area (Å²) < 4.78 is 1.75. The zero-order valence-electron chi connectivity index (χ0n) is 12.1. The maximum absolute atomic E-state index is 12.3. The van der Waals surface area contributed by atoms with Gasteiger partial charge in [0.05, 0.1) is 0 Å². The second kappa shape index (κ2) is 6.03. The molecule has 0 bridgehead atoms. The first kappa shape index (κ1) is 13.7. The van der Waals surface area contributed by atoms with Gasteiger partial charge in [-0.2, -0.15) is 0 Å². The molecule has 0 aromatic carbocycles. The predicted molar refractivity (Wildman–Crippen MR) is 78.0 cm³/mol. The number of nitrogens with one attached hydrogen (secondary N) is 1. The predicted octanol–water partition coefficient (Wildman–Crippen LogP) is 1.97. The second-order valence-corrected chi connectivity index (χ2v) is 5.64. The summed E-state index contributed by atoms with van der Waals surface area (Å²) in [6, 6.07) is 2.00. The maximum atomic E-state index is 12.3. The lowest BCUT2D eigenvalue weighted by molar-refractivity contribution is 0.0912. The minimum absolute atomic E-state index is 0.198. The lowest BCUT2D eigenvalue weighted by atomic mass is 9.87. The molecule has 1 amide bonds. The zero-order valence-corrected chi connectivity index (χ0v) is 12.1. The minimum atomic E-state index is -0.198. The van der Waals surface area contributed by atoms with Crippen LogP contribution in [0, 0.1) is 5.92 Å². The van der Waals surface area contributed by atoms with Crippen LogP contribution in [0.2, 0.25) is 0 Å². The fourth-order valence-electron chi connectivity index (χ4n) is 2.65. The molecule has 6 nitrogen and oxygen atoms in total. The Labute approximate surface area is 123 Å². The Morgan fingerprint density at radius 3 is 2.81 bits per heavy atom. The summed E-state index contributed by atoms with van der Waals surface area (Å²) in [4.78, 5) is 24.6. The van der Waals surface area contributed by atoms with Gasteiger partial charge in [-0.3, -0.25) is 9.36 Å². The van der Waals surface area contributed by atoms with Crippen molar-refractivity contribution in [2.75, 3.05) is 0 Å². The van der Waals surface area contributed by atoms with Crippen LogP contribution in [0.15, 0.2) is 31.0 Å². The molecule has 110 valence electrons. The van der Waals surface area contributed by atoms with E-state index in [0.29, 0.717) is 5.82 Å². The molecule has 1 saturated carbocycles. The fourth-order valence-corrected chi connectivity index (χ4v) is 2.65. The normalized spacial score (nSPS) is 22.0. The number of carbonyl (C=O) groups excluding carboxylic acids is 1. The van der Waals surface area contributed by atoms with Crippen LogP contribution in [0.1, 0.15) is 43.2 Å². The maximum Gasteiger partial charge on any atom is 0.289 e. The molecular weight excluding hydrogens is 266 g/mol. The van der Waals surface area contributed by atoms with Crippen LogP contribution in [0.4, 0.5) is 0 Å². The average molecular weight is 285 g/mol. The van der Waals surface area contributed by atoms with Gasteiger partial charge >= 0.3 is 0 Å². The van der Waals surface area contributed by atoms with Gasteiger partial charge in [-0.1, -0.05) is 6.92 Å². The third kappa shape index (κ3) is 3.26. The molecule has 3 rings (SSSR count). The van der Waals surface area contributed by atoms with Crippen molar-refractivity contribution in [2.24, 2.45) is 5.92 Å². The van der Waals surface area contributed by atoms with Crippen molar-refractivity contribution >= 4 is 5.91 Å². The van der Waals surface area contributed by atoms with E-state index in [1.165, 1.54) is 12.8 Å². The molecule has 6 heteroatoms. The summed E-state index contributed by atoms with van der Waals surface area (Å²) in [7, 11) is 0. The number of hydrogen-bond acceptors (Lipinski definition) is 4. The van der Waals surface area contributed by atoms with Crippen molar-refractivity contribution in [1.29, 1.82) is 0 Å². The highest BCUT2D eigenvalue weighted by atomic mass is 16.2. The Morgan fingerprint density at radius 1 is 1.29 bits per heavy atom. The van der Waals surface area contributed by atoms with E-state index in [0.717, 1.165) is 18.8 Å². The highest BCUT2D eigenvalue weighted by molar-refractivity contribution is 5.90. The van der Waals surface area contributed by atoms with Crippen molar-refractivity contribution in [3.05, 3.63) is 36.8 Å². The molecule has 0 unspecified atom stereocenters. The molecule has 0 radical (unpaired) electrons. The number of nitrogens with zero attached hydrogens (tertiary/aromatic N) is 4. The largest absolute Gasteiger partial charge is 0.347 e. The Hall–Kier alpha value is -2.24. The van der Waals surface area contributed by atoms with Crippen LogP contribution in [-0.2, 0) is 0 Å². The van der Waals surface area contributed by atoms with Crippen LogP contribution in [0.25, 0.3) is 5.82 Å². The van der Waals surface area contributed by atoms with Crippen LogP contribution in [-0.4, -0.2) is 31.5 Å². The Morgan fingerprint density at radius 2 is 2.10 bits per heavy atom. The first-order chi connectivity index (χ1) is 10.2. The Bertz CT molecular complexity index is 602. The molecule has 1 N–H and O–H groups in total. The monoisotopic (exact) mass is 285 g/mol. The quantitative estimate of drug-likeness (QED) is 0.935. The molecule has 2 heterocycles. The molecule has 2 aromatic heterocycles. The highest BCUT2D eigenvalue weighted by Crippen LogP contribution is 2.23. The molecule has 1 aliphatic rings. The number of aromatic nitrogens is 4. The summed E-state index contributed by atoms with van der Waals surface area (Å²) in [6.45, 7) is 2.26. The van der Waals surface area contributed by atoms with Gasteiger partial charge in [0, 0.05) is 24.6 Å². The van der Waals surface area contributed by atoms with E-state index in [1.54, 1.807) is 35.6 Å². The van der Waals surface area contributed by atoms with Crippen molar-refractivity contribution in [2.45, 2.75) is 38.6 Å². The standard InChI is InChI=1S/C15H19N5O/c1-11-2-4-12(5-3-11)18-15(21)14-17-7-6-13(19-14)20-9-8-16-10-20/h6-12H,2-5H2,1H3,(H,18,21). The zero-order chi connectivity index (χ0) is 14.7. The smallest absolute Gasteiger partial charge is 0.289 e. The summed E-state index contributed by atoms with van der Waals surface area (Å²) in [6.07, 6.45) is 11.1. The first-order valence-electron chi connectivity index (χ1n) is 7.34. The third-order valence-electron chi connectivity index (χ3n) is 3.96. The minimum Gasteiger partial charge on any atom is -0.347 e. The van der Waals surface area contributed by atoms with Crippen molar-refractivity contribution in [1.82, 2.24) is 24.8 Å². The molecular formula is C15H19N5O. The molecule has 2 aromatic rings. The third-order valence-corrected chi connectivity index (χ3v) is 3.96. The van der Waals surface area contributed by atoms with Gasteiger partial charge in [-0.25, -0.2) is 15.0 Å². The number of amides is 1. The summed E-state index contributed by atoms with van der Waals surface area (Å²) in [5.41, 5.74) is 0. The van der Waals surface area contributed by atoms with Gasteiger partial charge in [0.2, 0.25) is 5.82 Å². The van der Waals surface area contributed by atoms with Crippen molar-refractivity contribution in [3.8, 4) is 5.82 Å². The Kier molecular flexibility index (Phi) is 3.94. The molecule has 1 aliphatic carbocycles. The van der Waals surface area contributed by atoms with E-state index in [-0.39, 0.29) is 17.8 Å². The molecule has 0 spiro atoms. The lowest BCUT2D eigenvalue weighted by Crippen LogP contribution is -2.38. The van der Waals surface area contributed by atoms with E-state index in [1.807, 2.05) is 0 Å². The van der Waals surface area contributed by atoms with Crippen LogP contribution in [0.5, 0.6) is 0 Å². The molecule has 0 saturated heterocycles. The lowest BCUT2D eigenvalue weighted by Gasteiger charge is -2.26. The van der Waals surface area contributed by atoms with Crippen LogP contribution >= 0.6 is 0 Å². The fraction of sp³-hybridized carbons (Fsp3) is 0.467. The van der Waals surface area contributed by atoms with Gasteiger partial charge < -0.3 is 5.32 Å². The van der Waals surface area contributed by atoms with Gasteiger partial charge in [-0.15, -0.1) is 0 Å². The SMILES string of the molecule is CC1CCC(NC(=O)c2nccc(-n3ccnc3)n2)CC1. The molecule has 0 atom stereocenters. The van der Waals surface area contributed by atoms with Gasteiger partial charge in [-0.05, 0) is 37.7 Å². The van der Waals surface area contributed by atoms with E-state index < -0.39 is 0 Å². The second-order valence-electron chi connectivity index (χ2n) is 5.64. The van der Waals surface area contributed by atoms with Gasteiger partial charge in [0.1, 0.15) is 12.1 Å². The molecule has 21 heavy (non-hydrogen) atoms. The highest BCUT2D eigenvalue weighted by Gasteiger charge is 2.21. The topological polar surface area (TPSA) is 72.7 Å². The first-order valence-corrected chi connectivity index (χ1v) is 7.34. The van der Waals surface area contributed by atoms with E-state index in [9.17, 15) is 4.79 Å². The van der Waals surface area contributed by atoms with Gasteiger partial charge in [0.25, 0.3) is 5.91 Å². The summed E-state index contributed by atoms with van der Waals surface area (Å²) in [5.74, 6) is 1.42. The van der Waals surface area contributed by atoms with Crippen LogP contribution < -0.4 is 5.32 Å². The van der Waals surface area contributed by atoms with E-state index in [4.69, 9.17) is 0 Å². The number of carbonyl (C=O) groups is 1. The number of imidazole rings is 1. The summed E-state index contributed by atoms with van der Waals surface area (Å²) >= 11 is 0.